The molecule has 0 saturated carbocycles. The van der Waals surface area contributed by atoms with Gasteiger partial charge in [0.1, 0.15) is 11.5 Å². The van der Waals surface area contributed by atoms with E-state index < -0.39 is 0 Å². The van der Waals surface area contributed by atoms with Crippen molar-refractivity contribution in [3.8, 4) is 11.4 Å². The standard InChI is InChI=1S/C24H26N4O/c1-4-27(5-2)24(29)20-16-22(26-23(25-20)18-11-7-6-8-12-18)28-17(3)15-19-13-9-10-14-21(19)28/h6-14,16-17H,4-5,15H2,1-3H3. The zero-order valence-electron chi connectivity index (χ0n) is 17.2. The number of benzene rings is 2. The number of nitrogens with zero attached hydrogens (tertiary/aromatic N) is 4. The molecule has 3 aromatic rings. The highest BCUT2D eigenvalue weighted by atomic mass is 16.2. The highest BCUT2D eigenvalue weighted by Gasteiger charge is 2.29. The van der Waals surface area contributed by atoms with Crippen LogP contribution in [0.3, 0.4) is 0 Å². The van der Waals surface area contributed by atoms with Gasteiger partial charge in [-0.2, -0.15) is 0 Å². The Labute approximate surface area is 172 Å². The molecule has 0 spiro atoms. The topological polar surface area (TPSA) is 49.3 Å². The Kier molecular flexibility index (Phi) is 5.30. The molecule has 5 nitrogen and oxygen atoms in total. The summed E-state index contributed by atoms with van der Waals surface area (Å²) in [6.07, 6.45) is 0.959. The quantitative estimate of drug-likeness (QED) is 0.637. The van der Waals surface area contributed by atoms with E-state index in [1.165, 1.54) is 5.56 Å². The fourth-order valence-electron chi connectivity index (χ4n) is 3.97. The van der Waals surface area contributed by atoms with Crippen molar-refractivity contribution in [3.63, 3.8) is 0 Å². The van der Waals surface area contributed by atoms with Crippen LogP contribution in [0.1, 0.15) is 36.8 Å². The summed E-state index contributed by atoms with van der Waals surface area (Å²) in [4.78, 5) is 26.6. The van der Waals surface area contributed by atoms with Gasteiger partial charge >= 0.3 is 0 Å². The van der Waals surface area contributed by atoms with E-state index in [0.29, 0.717) is 24.6 Å². The van der Waals surface area contributed by atoms with Crippen molar-refractivity contribution in [2.24, 2.45) is 0 Å². The second-order valence-corrected chi connectivity index (χ2v) is 7.33. The number of aromatic nitrogens is 2. The molecular formula is C24H26N4O. The van der Waals surface area contributed by atoms with E-state index in [0.717, 1.165) is 23.5 Å². The number of para-hydroxylation sites is 1. The first-order valence-electron chi connectivity index (χ1n) is 10.2. The molecule has 2 heterocycles. The zero-order chi connectivity index (χ0) is 20.4. The average Bonchev–Trinajstić information content (AvgIpc) is 3.10. The average molecular weight is 386 g/mol. The maximum absolute atomic E-state index is 13.1. The van der Waals surface area contributed by atoms with Crippen molar-refractivity contribution in [2.75, 3.05) is 18.0 Å². The van der Waals surface area contributed by atoms with Gasteiger partial charge < -0.3 is 9.80 Å². The molecule has 0 N–H and O–H groups in total. The SMILES string of the molecule is CCN(CC)C(=O)c1cc(N2c3ccccc3CC2C)nc(-c2ccccc2)n1. The van der Waals surface area contributed by atoms with Crippen molar-refractivity contribution < 1.29 is 4.79 Å². The number of hydrogen-bond acceptors (Lipinski definition) is 4. The lowest BCUT2D eigenvalue weighted by Crippen LogP contribution is -2.32. The maximum Gasteiger partial charge on any atom is 0.272 e. The maximum atomic E-state index is 13.1. The first-order chi connectivity index (χ1) is 14.1. The lowest BCUT2D eigenvalue weighted by Gasteiger charge is -2.25. The molecule has 1 unspecified atom stereocenters. The van der Waals surface area contributed by atoms with Crippen LogP contribution in [0, 0.1) is 0 Å². The smallest absolute Gasteiger partial charge is 0.272 e. The zero-order valence-corrected chi connectivity index (χ0v) is 17.2. The van der Waals surface area contributed by atoms with Crippen LogP contribution in [0.15, 0.2) is 60.7 Å². The minimum Gasteiger partial charge on any atom is -0.338 e. The third-order valence-electron chi connectivity index (χ3n) is 5.47. The summed E-state index contributed by atoms with van der Waals surface area (Å²) in [7, 11) is 0. The molecule has 4 rings (SSSR count). The molecule has 5 heteroatoms. The fraction of sp³-hybridized carbons (Fsp3) is 0.292. The molecule has 148 valence electrons. The van der Waals surface area contributed by atoms with E-state index >= 15 is 0 Å². The largest absolute Gasteiger partial charge is 0.338 e. The summed E-state index contributed by atoms with van der Waals surface area (Å²) < 4.78 is 0. The second-order valence-electron chi connectivity index (χ2n) is 7.33. The molecule has 1 atom stereocenters. The van der Waals surface area contributed by atoms with Crippen molar-refractivity contribution in [2.45, 2.75) is 33.2 Å². The van der Waals surface area contributed by atoms with Crippen molar-refractivity contribution in [3.05, 3.63) is 71.9 Å². The van der Waals surface area contributed by atoms with E-state index in [2.05, 4.69) is 35.0 Å². The van der Waals surface area contributed by atoms with Crippen molar-refractivity contribution >= 4 is 17.4 Å². The molecule has 0 fully saturated rings. The summed E-state index contributed by atoms with van der Waals surface area (Å²) in [5.41, 5.74) is 3.80. The van der Waals surface area contributed by atoms with E-state index in [-0.39, 0.29) is 11.9 Å². The van der Waals surface area contributed by atoms with Gasteiger partial charge in [0, 0.05) is 36.4 Å². The molecule has 2 aromatic carbocycles. The number of amides is 1. The Morgan fingerprint density at radius 3 is 2.45 bits per heavy atom. The van der Waals surface area contributed by atoms with E-state index in [1.54, 1.807) is 4.90 Å². The van der Waals surface area contributed by atoms with Crippen LogP contribution < -0.4 is 4.90 Å². The summed E-state index contributed by atoms with van der Waals surface area (Å²) in [6, 6.07) is 20.4. The molecule has 1 aliphatic heterocycles. The van der Waals surface area contributed by atoms with Gasteiger partial charge in [0.2, 0.25) is 0 Å². The molecule has 1 amide bonds. The minimum absolute atomic E-state index is 0.0593. The van der Waals surface area contributed by atoms with Gasteiger partial charge in [0.25, 0.3) is 5.91 Å². The van der Waals surface area contributed by atoms with E-state index in [4.69, 9.17) is 4.98 Å². The van der Waals surface area contributed by atoms with Gasteiger partial charge in [-0.05, 0) is 38.8 Å². The molecule has 1 aliphatic rings. The number of carbonyl (C=O) groups is 1. The Hall–Kier alpha value is -3.21. The van der Waals surface area contributed by atoms with Crippen LogP contribution in [0.5, 0.6) is 0 Å². The number of anilines is 2. The summed E-state index contributed by atoms with van der Waals surface area (Å²) in [6.45, 7) is 7.47. The van der Waals surface area contributed by atoms with Crippen LogP contribution in [0.4, 0.5) is 11.5 Å². The van der Waals surface area contributed by atoms with Crippen molar-refractivity contribution in [1.29, 1.82) is 0 Å². The molecule has 29 heavy (non-hydrogen) atoms. The molecule has 0 saturated heterocycles. The lowest BCUT2D eigenvalue weighted by atomic mass is 10.1. The first-order valence-corrected chi connectivity index (χ1v) is 10.2. The third-order valence-corrected chi connectivity index (χ3v) is 5.47. The lowest BCUT2D eigenvalue weighted by molar-refractivity contribution is 0.0767. The van der Waals surface area contributed by atoms with Crippen LogP contribution in [0.2, 0.25) is 0 Å². The Balaban J connectivity index is 1.86. The monoisotopic (exact) mass is 386 g/mol. The number of hydrogen-bond donors (Lipinski definition) is 0. The number of carbonyl (C=O) groups excluding carboxylic acids is 1. The Morgan fingerprint density at radius 2 is 1.72 bits per heavy atom. The number of fused-ring (bicyclic) bond motifs is 1. The highest BCUT2D eigenvalue weighted by Crippen LogP contribution is 2.38. The first kappa shape index (κ1) is 19.1. The summed E-state index contributed by atoms with van der Waals surface area (Å²) >= 11 is 0. The van der Waals surface area contributed by atoms with Gasteiger partial charge in [0.15, 0.2) is 5.82 Å². The Bertz CT molecular complexity index is 1010. The second kappa shape index (κ2) is 8.03. The van der Waals surface area contributed by atoms with E-state index in [9.17, 15) is 4.79 Å². The molecule has 0 bridgehead atoms. The predicted molar refractivity (Wildman–Crippen MR) is 116 cm³/mol. The third kappa shape index (κ3) is 3.60. The van der Waals surface area contributed by atoms with Crippen LogP contribution in [0.25, 0.3) is 11.4 Å². The van der Waals surface area contributed by atoms with Gasteiger partial charge in [-0.25, -0.2) is 9.97 Å². The van der Waals surface area contributed by atoms with E-state index in [1.807, 2.05) is 56.3 Å². The van der Waals surface area contributed by atoms with Crippen LogP contribution in [-0.4, -0.2) is 39.9 Å². The molecule has 1 aromatic heterocycles. The highest BCUT2D eigenvalue weighted by molar-refractivity contribution is 5.94. The van der Waals surface area contributed by atoms with Crippen molar-refractivity contribution in [1.82, 2.24) is 14.9 Å². The number of rotatable bonds is 5. The normalized spacial score (nSPS) is 15.3. The fourth-order valence-corrected chi connectivity index (χ4v) is 3.97. The predicted octanol–water partition coefficient (Wildman–Crippen LogP) is 4.71. The molecular weight excluding hydrogens is 360 g/mol. The molecule has 0 aliphatic carbocycles. The van der Waals surface area contributed by atoms with Gasteiger partial charge in [-0.3, -0.25) is 4.79 Å². The van der Waals surface area contributed by atoms with Gasteiger partial charge in [-0.15, -0.1) is 0 Å². The summed E-state index contributed by atoms with van der Waals surface area (Å²) in [5, 5.41) is 0. The van der Waals surface area contributed by atoms with Crippen LogP contribution in [-0.2, 0) is 6.42 Å². The van der Waals surface area contributed by atoms with Gasteiger partial charge in [0.05, 0.1) is 0 Å². The Morgan fingerprint density at radius 1 is 1.03 bits per heavy atom. The molecule has 0 radical (unpaired) electrons. The van der Waals surface area contributed by atoms with Gasteiger partial charge in [-0.1, -0.05) is 48.5 Å². The van der Waals surface area contributed by atoms with Crippen LogP contribution >= 0.6 is 0 Å². The summed E-state index contributed by atoms with van der Waals surface area (Å²) in [5.74, 6) is 1.29. The minimum atomic E-state index is -0.0593.